The Kier molecular flexibility index (Phi) is 6.74. The summed E-state index contributed by atoms with van der Waals surface area (Å²) in [5.41, 5.74) is 0.546. The van der Waals surface area contributed by atoms with Gasteiger partial charge in [0.15, 0.2) is 6.61 Å². The van der Waals surface area contributed by atoms with Gasteiger partial charge < -0.3 is 19.2 Å². The number of esters is 1. The zero-order chi connectivity index (χ0) is 22.5. The Bertz CT molecular complexity index is 1140. The van der Waals surface area contributed by atoms with Crippen LogP contribution < -0.4 is 20.4 Å². The fourth-order valence-electron chi connectivity index (χ4n) is 2.91. The van der Waals surface area contributed by atoms with Crippen LogP contribution in [0, 0.1) is 0 Å². The number of rotatable bonds is 7. The Hall–Kier alpha value is -3.61. The monoisotopic (exact) mass is 423 g/mol. The highest BCUT2D eigenvalue weighted by Gasteiger charge is 2.15. The number of fused-ring (bicyclic) bond motifs is 1. The van der Waals surface area contributed by atoms with E-state index in [9.17, 15) is 14.4 Å². The minimum atomic E-state index is -0.762. The van der Waals surface area contributed by atoms with Gasteiger partial charge in [0.1, 0.15) is 22.6 Å². The van der Waals surface area contributed by atoms with Crippen molar-refractivity contribution < 1.29 is 23.5 Å². The first-order valence-corrected chi connectivity index (χ1v) is 10.0. The van der Waals surface area contributed by atoms with E-state index in [1.807, 2.05) is 12.1 Å². The summed E-state index contributed by atoms with van der Waals surface area (Å²) in [5, 5.41) is 3.19. The van der Waals surface area contributed by atoms with Gasteiger partial charge in [-0.15, -0.1) is 0 Å². The molecule has 0 unspecified atom stereocenters. The van der Waals surface area contributed by atoms with E-state index in [-0.39, 0.29) is 29.5 Å². The molecule has 0 fully saturated rings. The summed E-state index contributed by atoms with van der Waals surface area (Å²) in [6.45, 7) is 7.52. The van der Waals surface area contributed by atoms with Crippen molar-refractivity contribution >= 4 is 22.8 Å². The summed E-state index contributed by atoms with van der Waals surface area (Å²) < 4.78 is 16.0. The van der Waals surface area contributed by atoms with Crippen molar-refractivity contribution in [3.63, 3.8) is 0 Å². The number of carbonyl (C=O) groups excluding carboxylic acids is 2. The summed E-state index contributed by atoms with van der Waals surface area (Å²) in [7, 11) is 0. The standard InChI is InChI=1S/C24H25NO6/c1-14(2)16-5-8-18(9-6-16)29-13-22(26)30-19-10-7-17-11-20(23(27)25-15(3)4)24(28)31-21(17)12-19/h5-12,14-15H,13H2,1-4H3,(H,25,27). The van der Waals surface area contributed by atoms with Gasteiger partial charge in [0.25, 0.3) is 5.91 Å². The lowest BCUT2D eigenvalue weighted by Gasteiger charge is -2.10. The average Bonchev–Trinajstić information content (AvgIpc) is 2.71. The van der Waals surface area contributed by atoms with E-state index in [1.54, 1.807) is 38.1 Å². The number of hydrogen-bond donors (Lipinski definition) is 1. The molecule has 0 radical (unpaired) electrons. The number of carbonyl (C=O) groups is 2. The largest absolute Gasteiger partial charge is 0.482 e. The first kappa shape index (κ1) is 22.1. The minimum absolute atomic E-state index is 0.0807. The maximum Gasteiger partial charge on any atom is 0.349 e. The van der Waals surface area contributed by atoms with Crippen LogP contribution in [0.4, 0.5) is 0 Å². The lowest BCUT2D eigenvalue weighted by molar-refractivity contribution is -0.136. The third-order valence-electron chi connectivity index (χ3n) is 4.51. The second-order valence-electron chi connectivity index (χ2n) is 7.76. The van der Waals surface area contributed by atoms with E-state index >= 15 is 0 Å². The number of amides is 1. The predicted octanol–water partition coefficient (Wildman–Crippen LogP) is 4.04. The molecule has 0 aliphatic rings. The second kappa shape index (κ2) is 9.47. The smallest absolute Gasteiger partial charge is 0.349 e. The van der Waals surface area contributed by atoms with Crippen LogP contribution in [-0.4, -0.2) is 24.5 Å². The molecule has 0 atom stereocenters. The molecule has 1 N–H and O–H groups in total. The van der Waals surface area contributed by atoms with Crippen LogP contribution >= 0.6 is 0 Å². The zero-order valence-electron chi connectivity index (χ0n) is 17.9. The summed E-state index contributed by atoms with van der Waals surface area (Å²) >= 11 is 0. The highest BCUT2D eigenvalue weighted by Crippen LogP contribution is 2.21. The van der Waals surface area contributed by atoms with Crippen molar-refractivity contribution in [2.45, 2.75) is 39.7 Å². The van der Waals surface area contributed by atoms with Crippen LogP contribution in [0.2, 0.25) is 0 Å². The summed E-state index contributed by atoms with van der Waals surface area (Å²) in [4.78, 5) is 36.4. The second-order valence-corrected chi connectivity index (χ2v) is 7.76. The van der Waals surface area contributed by atoms with Gasteiger partial charge in [-0.25, -0.2) is 9.59 Å². The summed E-state index contributed by atoms with van der Waals surface area (Å²) in [6, 6.07) is 13.4. The van der Waals surface area contributed by atoms with E-state index in [1.165, 1.54) is 17.7 Å². The Morgan fingerprint density at radius 2 is 1.65 bits per heavy atom. The lowest BCUT2D eigenvalue weighted by atomic mass is 10.0. The van der Waals surface area contributed by atoms with Crippen LogP contribution in [0.3, 0.4) is 0 Å². The van der Waals surface area contributed by atoms with Crippen molar-refractivity contribution in [1.82, 2.24) is 5.32 Å². The molecule has 0 aliphatic heterocycles. The van der Waals surface area contributed by atoms with Crippen LogP contribution in [0.25, 0.3) is 11.0 Å². The van der Waals surface area contributed by atoms with Gasteiger partial charge >= 0.3 is 11.6 Å². The van der Waals surface area contributed by atoms with Crippen LogP contribution in [0.1, 0.15) is 49.5 Å². The topological polar surface area (TPSA) is 94.8 Å². The highest BCUT2D eigenvalue weighted by molar-refractivity contribution is 5.96. The number of hydrogen-bond acceptors (Lipinski definition) is 6. The molecule has 2 aromatic carbocycles. The van der Waals surface area contributed by atoms with Crippen molar-refractivity contribution in [3.8, 4) is 11.5 Å². The normalized spacial score (nSPS) is 11.0. The number of benzene rings is 2. The first-order valence-electron chi connectivity index (χ1n) is 10.0. The Labute approximate surface area is 180 Å². The molecule has 7 heteroatoms. The van der Waals surface area contributed by atoms with Crippen LogP contribution in [-0.2, 0) is 4.79 Å². The minimum Gasteiger partial charge on any atom is -0.482 e. The quantitative estimate of drug-likeness (QED) is 0.350. The van der Waals surface area contributed by atoms with E-state index in [4.69, 9.17) is 13.9 Å². The predicted molar refractivity (Wildman–Crippen MR) is 117 cm³/mol. The van der Waals surface area contributed by atoms with E-state index in [0.717, 1.165) is 0 Å². The summed E-state index contributed by atoms with van der Waals surface area (Å²) in [6.07, 6.45) is 0. The molecule has 0 aliphatic carbocycles. The van der Waals surface area contributed by atoms with Crippen molar-refractivity contribution in [3.05, 3.63) is 70.1 Å². The molecular formula is C24H25NO6. The molecule has 0 bridgehead atoms. The molecule has 3 aromatic rings. The molecule has 7 nitrogen and oxygen atoms in total. The van der Waals surface area contributed by atoms with Crippen LogP contribution in [0.15, 0.2) is 57.7 Å². The molecule has 1 amide bonds. The van der Waals surface area contributed by atoms with E-state index < -0.39 is 17.5 Å². The highest BCUT2D eigenvalue weighted by atomic mass is 16.6. The van der Waals surface area contributed by atoms with Gasteiger partial charge in [0, 0.05) is 17.5 Å². The molecule has 31 heavy (non-hydrogen) atoms. The van der Waals surface area contributed by atoms with Crippen molar-refractivity contribution in [2.75, 3.05) is 6.61 Å². The lowest BCUT2D eigenvalue weighted by Crippen LogP contribution is -2.33. The fraction of sp³-hybridized carbons (Fsp3) is 0.292. The molecule has 1 heterocycles. The summed E-state index contributed by atoms with van der Waals surface area (Å²) in [5.74, 6) is 0.0896. The Morgan fingerprint density at radius 1 is 0.968 bits per heavy atom. The van der Waals surface area contributed by atoms with Gasteiger partial charge in [-0.2, -0.15) is 0 Å². The molecule has 0 spiro atoms. The van der Waals surface area contributed by atoms with Gasteiger partial charge in [-0.05, 0) is 55.7 Å². The number of ether oxygens (including phenoxy) is 2. The molecule has 162 valence electrons. The third-order valence-corrected chi connectivity index (χ3v) is 4.51. The van der Waals surface area contributed by atoms with Gasteiger partial charge in [0.05, 0.1) is 0 Å². The Balaban J connectivity index is 1.66. The van der Waals surface area contributed by atoms with Crippen LogP contribution in [0.5, 0.6) is 11.5 Å². The van der Waals surface area contributed by atoms with Crippen molar-refractivity contribution in [2.24, 2.45) is 0 Å². The molecule has 3 rings (SSSR count). The zero-order valence-corrected chi connectivity index (χ0v) is 17.9. The molecule has 1 aromatic heterocycles. The SMILES string of the molecule is CC(C)NC(=O)c1cc2ccc(OC(=O)COc3ccc(C(C)C)cc3)cc2oc1=O. The average molecular weight is 423 g/mol. The maximum absolute atomic E-state index is 12.2. The Morgan fingerprint density at radius 3 is 2.29 bits per heavy atom. The van der Waals surface area contributed by atoms with Gasteiger partial charge in [-0.3, -0.25) is 4.79 Å². The van der Waals surface area contributed by atoms with Gasteiger partial charge in [0.2, 0.25) is 0 Å². The van der Waals surface area contributed by atoms with E-state index in [2.05, 4.69) is 19.2 Å². The molecular weight excluding hydrogens is 398 g/mol. The molecule has 0 saturated carbocycles. The third kappa shape index (κ3) is 5.72. The maximum atomic E-state index is 12.2. The first-order chi connectivity index (χ1) is 14.7. The fourth-order valence-corrected chi connectivity index (χ4v) is 2.91. The number of nitrogens with one attached hydrogen (secondary N) is 1. The van der Waals surface area contributed by atoms with E-state index in [0.29, 0.717) is 17.1 Å². The van der Waals surface area contributed by atoms with Crippen molar-refractivity contribution in [1.29, 1.82) is 0 Å². The van der Waals surface area contributed by atoms with Gasteiger partial charge in [-0.1, -0.05) is 26.0 Å². The molecule has 0 saturated heterocycles.